The zero-order chi connectivity index (χ0) is 25.8. The minimum Gasteiger partial charge on any atom is -0.493 e. The summed E-state index contributed by atoms with van der Waals surface area (Å²) in [6, 6.07) is 4.27. The highest BCUT2D eigenvalue weighted by atomic mass is 16.5. The summed E-state index contributed by atoms with van der Waals surface area (Å²) in [5.41, 5.74) is 2.14. The largest absolute Gasteiger partial charge is 0.493 e. The van der Waals surface area contributed by atoms with Gasteiger partial charge >= 0.3 is 0 Å². The molecule has 0 spiro atoms. The monoisotopic (exact) mass is 501 g/mol. The molecule has 2 heterocycles. The van der Waals surface area contributed by atoms with E-state index in [9.17, 15) is 0 Å². The molecule has 3 rings (SSSR count). The van der Waals surface area contributed by atoms with Crippen molar-refractivity contribution in [2.24, 2.45) is 0 Å². The van der Waals surface area contributed by atoms with E-state index in [1.165, 1.54) is 18.7 Å². The summed E-state index contributed by atoms with van der Waals surface area (Å²) in [5.74, 6) is 3.41. The van der Waals surface area contributed by atoms with Gasteiger partial charge in [-0.15, -0.1) is 0 Å². The van der Waals surface area contributed by atoms with E-state index in [1.807, 2.05) is 0 Å². The Hall–Kier alpha value is -1.83. The van der Waals surface area contributed by atoms with Crippen LogP contribution >= 0.6 is 0 Å². The molecule has 1 N–H and O–H groups in total. The first-order valence-corrected chi connectivity index (χ1v) is 14.6. The summed E-state index contributed by atoms with van der Waals surface area (Å²) in [6.45, 7) is 22.1. The summed E-state index contributed by atoms with van der Waals surface area (Å²) in [7, 11) is 0. The Labute approximate surface area is 219 Å². The molecule has 36 heavy (non-hydrogen) atoms. The Morgan fingerprint density at radius 2 is 1.61 bits per heavy atom. The fourth-order valence-corrected chi connectivity index (χ4v) is 5.25. The minimum atomic E-state index is 0.451. The van der Waals surface area contributed by atoms with Crippen LogP contribution in [-0.2, 0) is 6.54 Å². The molecule has 1 unspecified atom stereocenters. The van der Waals surface area contributed by atoms with E-state index in [0.717, 1.165) is 101 Å². The zero-order valence-corrected chi connectivity index (χ0v) is 23.7. The molecule has 1 saturated heterocycles. The predicted molar refractivity (Wildman–Crippen MR) is 151 cm³/mol. The molecule has 204 valence electrons. The maximum absolute atomic E-state index is 6.41. The molecule has 2 aromatic rings. The number of benzene rings is 1. The Bertz CT molecular complexity index is 885. The second-order valence-corrected chi connectivity index (χ2v) is 9.91. The van der Waals surface area contributed by atoms with Crippen molar-refractivity contribution in [1.82, 2.24) is 24.7 Å². The molecule has 1 atom stereocenters. The first kappa shape index (κ1) is 28.7. The van der Waals surface area contributed by atoms with Gasteiger partial charge < -0.3 is 29.2 Å². The maximum atomic E-state index is 6.41. The van der Waals surface area contributed by atoms with Crippen LogP contribution in [0.15, 0.2) is 12.1 Å². The van der Waals surface area contributed by atoms with Crippen molar-refractivity contribution in [1.29, 1.82) is 0 Å². The van der Waals surface area contributed by atoms with Gasteiger partial charge in [-0.2, -0.15) is 0 Å². The number of nitrogens with one attached hydrogen (secondary N) is 1. The molecule has 7 nitrogen and oxygen atoms in total. The molecule has 0 saturated carbocycles. The first-order valence-electron chi connectivity index (χ1n) is 14.6. The molecule has 1 aliphatic heterocycles. The van der Waals surface area contributed by atoms with Gasteiger partial charge in [0.1, 0.15) is 17.1 Å². The number of nitrogens with zero attached hydrogens (tertiary/aromatic N) is 4. The third-order valence-electron chi connectivity index (χ3n) is 7.48. The molecule has 1 fully saturated rings. The lowest BCUT2D eigenvalue weighted by atomic mass is 9.99. The van der Waals surface area contributed by atoms with Crippen molar-refractivity contribution in [3.05, 3.63) is 18.0 Å². The van der Waals surface area contributed by atoms with Crippen LogP contribution in [0.4, 0.5) is 0 Å². The number of piperidine rings is 1. The lowest BCUT2D eigenvalue weighted by molar-refractivity contribution is 0.243. The Morgan fingerprint density at radius 3 is 2.19 bits per heavy atom. The summed E-state index contributed by atoms with van der Waals surface area (Å²) >= 11 is 0. The van der Waals surface area contributed by atoms with Gasteiger partial charge in [0.2, 0.25) is 0 Å². The number of fused-ring (bicyclic) bond motifs is 1. The van der Waals surface area contributed by atoms with Gasteiger partial charge in [0.05, 0.1) is 18.7 Å². The topological polar surface area (TPSA) is 54.8 Å². The van der Waals surface area contributed by atoms with Gasteiger partial charge in [-0.1, -0.05) is 34.6 Å². The Morgan fingerprint density at radius 1 is 0.944 bits per heavy atom. The van der Waals surface area contributed by atoms with E-state index in [1.54, 1.807) is 0 Å². The zero-order valence-electron chi connectivity index (χ0n) is 23.7. The number of hydrogen-bond donors (Lipinski definition) is 1. The summed E-state index contributed by atoms with van der Waals surface area (Å²) < 4.78 is 15.1. The molecule has 1 aromatic heterocycles. The second kappa shape index (κ2) is 15.4. The number of imidazole rings is 1. The van der Waals surface area contributed by atoms with Crippen molar-refractivity contribution < 1.29 is 9.47 Å². The highest BCUT2D eigenvalue weighted by Gasteiger charge is 2.24. The first-order chi connectivity index (χ1) is 17.6. The van der Waals surface area contributed by atoms with Crippen LogP contribution in [0.25, 0.3) is 11.0 Å². The van der Waals surface area contributed by atoms with Gasteiger partial charge in [0, 0.05) is 44.2 Å². The lowest BCUT2D eigenvalue weighted by Gasteiger charge is -2.23. The van der Waals surface area contributed by atoms with Crippen LogP contribution in [0.3, 0.4) is 0 Å². The third-order valence-corrected chi connectivity index (χ3v) is 7.48. The molecule has 0 radical (unpaired) electrons. The van der Waals surface area contributed by atoms with Crippen LogP contribution in [0.2, 0.25) is 0 Å². The number of aromatic nitrogens is 2. The molecular weight excluding hydrogens is 450 g/mol. The van der Waals surface area contributed by atoms with Crippen LogP contribution < -0.4 is 14.8 Å². The van der Waals surface area contributed by atoms with Crippen molar-refractivity contribution in [2.45, 2.75) is 79.2 Å². The average Bonchev–Trinajstić information content (AvgIpc) is 3.28. The summed E-state index contributed by atoms with van der Waals surface area (Å²) in [5, 5.41) is 3.57. The molecule has 1 aromatic carbocycles. The molecule has 0 amide bonds. The van der Waals surface area contributed by atoms with E-state index in [-0.39, 0.29) is 0 Å². The van der Waals surface area contributed by atoms with E-state index < -0.39 is 0 Å². The third kappa shape index (κ3) is 7.83. The van der Waals surface area contributed by atoms with Gasteiger partial charge in [0.25, 0.3) is 0 Å². The number of hydrogen-bond acceptors (Lipinski definition) is 6. The van der Waals surface area contributed by atoms with E-state index in [0.29, 0.717) is 19.1 Å². The minimum absolute atomic E-state index is 0.451. The van der Waals surface area contributed by atoms with Crippen LogP contribution in [-0.4, -0.2) is 84.9 Å². The van der Waals surface area contributed by atoms with Crippen molar-refractivity contribution in [3.8, 4) is 11.5 Å². The number of rotatable bonds is 17. The summed E-state index contributed by atoms with van der Waals surface area (Å²) in [4.78, 5) is 10.1. The van der Waals surface area contributed by atoms with Gasteiger partial charge in [-0.3, -0.25) is 0 Å². The molecule has 1 aliphatic rings. The fourth-order valence-electron chi connectivity index (χ4n) is 5.25. The normalized spacial score (nSPS) is 16.4. The van der Waals surface area contributed by atoms with Crippen LogP contribution in [0.5, 0.6) is 11.5 Å². The number of aryl methyl sites for hydroxylation is 1. The standard InChI is InChI=1S/C29H51N5O2/c1-6-16-34-26-21-25(35-19-12-17-32(7-2)8-3)22-27(36-20-13-18-33(9-4)10-5)28(26)31-29(34)24-14-11-15-30-23-24/h21-22,24,30H,6-20,23H2,1-5H3. The maximum Gasteiger partial charge on any atom is 0.150 e. The Balaban J connectivity index is 1.83. The van der Waals surface area contributed by atoms with Crippen molar-refractivity contribution in [3.63, 3.8) is 0 Å². The van der Waals surface area contributed by atoms with Gasteiger partial charge in [-0.05, 0) is 64.8 Å². The molecular formula is C29H51N5O2. The van der Waals surface area contributed by atoms with Crippen LogP contribution in [0, 0.1) is 0 Å². The van der Waals surface area contributed by atoms with E-state index >= 15 is 0 Å². The van der Waals surface area contributed by atoms with Gasteiger partial charge in [0.15, 0.2) is 5.75 Å². The smallest absolute Gasteiger partial charge is 0.150 e. The SMILES string of the molecule is CCCn1c(C2CCCNC2)nc2c(OCCCN(CC)CC)cc(OCCCN(CC)CC)cc21. The van der Waals surface area contributed by atoms with Gasteiger partial charge in [-0.25, -0.2) is 4.98 Å². The van der Waals surface area contributed by atoms with Crippen LogP contribution in [0.1, 0.15) is 78.5 Å². The molecule has 7 heteroatoms. The van der Waals surface area contributed by atoms with E-state index in [4.69, 9.17) is 14.5 Å². The van der Waals surface area contributed by atoms with Crippen molar-refractivity contribution >= 4 is 11.0 Å². The second-order valence-electron chi connectivity index (χ2n) is 9.91. The summed E-state index contributed by atoms with van der Waals surface area (Å²) in [6.07, 6.45) is 5.50. The highest BCUT2D eigenvalue weighted by Crippen LogP contribution is 2.35. The fraction of sp³-hybridized carbons (Fsp3) is 0.759. The lowest BCUT2D eigenvalue weighted by Crippen LogP contribution is -2.30. The quantitative estimate of drug-likeness (QED) is 0.303. The molecule has 0 bridgehead atoms. The highest BCUT2D eigenvalue weighted by molar-refractivity contribution is 5.84. The average molecular weight is 502 g/mol. The van der Waals surface area contributed by atoms with Crippen molar-refractivity contribution in [2.75, 3.05) is 65.6 Å². The molecule has 0 aliphatic carbocycles. The Kier molecular flexibility index (Phi) is 12.3. The predicted octanol–water partition coefficient (Wildman–Crippen LogP) is 5.13. The van der Waals surface area contributed by atoms with E-state index in [2.05, 4.69) is 66.4 Å². The number of ether oxygens (including phenoxy) is 2.